The van der Waals surface area contributed by atoms with Crippen molar-refractivity contribution in [2.45, 2.75) is 25.3 Å². The number of amides is 2. The fraction of sp³-hybridized carbons (Fsp3) is 0.786. The van der Waals surface area contributed by atoms with Crippen LogP contribution >= 0.6 is 0 Å². The van der Waals surface area contributed by atoms with Crippen LogP contribution in [0.4, 0.5) is 4.79 Å². The molecule has 0 radical (unpaired) electrons. The van der Waals surface area contributed by atoms with Crippen molar-refractivity contribution >= 4 is 6.03 Å². The van der Waals surface area contributed by atoms with Crippen molar-refractivity contribution in [2.24, 2.45) is 11.8 Å². The Bertz CT molecular complexity index is 333. The van der Waals surface area contributed by atoms with Crippen LogP contribution in [0.2, 0.25) is 0 Å². The van der Waals surface area contributed by atoms with Crippen LogP contribution < -0.4 is 10.6 Å². The summed E-state index contributed by atoms with van der Waals surface area (Å²) < 4.78 is 0. The van der Waals surface area contributed by atoms with Crippen LogP contribution in [-0.2, 0) is 0 Å². The van der Waals surface area contributed by atoms with Gasteiger partial charge in [0.15, 0.2) is 0 Å². The monoisotopic (exact) mass is 267 g/mol. The van der Waals surface area contributed by atoms with Gasteiger partial charge in [0.25, 0.3) is 0 Å². The number of hydrogen-bond acceptors (Lipinski definition) is 3. The molecule has 5 nitrogen and oxygen atoms in total. The summed E-state index contributed by atoms with van der Waals surface area (Å²) in [5.74, 6) is 0.756. The lowest BCUT2D eigenvalue weighted by molar-refractivity contribution is 0.200. The number of hydrogen-bond donors (Lipinski definition) is 3. The first-order valence-corrected chi connectivity index (χ1v) is 7.19. The van der Waals surface area contributed by atoms with E-state index in [0.29, 0.717) is 5.92 Å². The number of urea groups is 1. The number of aliphatic hydroxyl groups is 1. The van der Waals surface area contributed by atoms with Gasteiger partial charge in [-0.2, -0.15) is 0 Å². The van der Waals surface area contributed by atoms with Crippen molar-refractivity contribution in [1.82, 2.24) is 15.5 Å². The van der Waals surface area contributed by atoms with Crippen molar-refractivity contribution < 1.29 is 9.90 Å². The highest BCUT2D eigenvalue weighted by atomic mass is 16.3. The number of aliphatic hydroxyl groups excluding tert-OH is 1. The molecule has 1 fully saturated rings. The first kappa shape index (κ1) is 14.3. The van der Waals surface area contributed by atoms with E-state index in [1.807, 2.05) is 12.2 Å². The van der Waals surface area contributed by atoms with E-state index in [1.165, 1.54) is 12.8 Å². The van der Waals surface area contributed by atoms with Crippen LogP contribution in [0.3, 0.4) is 0 Å². The zero-order valence-corrected chi connectivity index (χ0v) is 11.6. The van der Waals surface area contributed by atoms with Gasteiger partial charge in [-0.1, -0.05) is 12.2 Å². The second-order valence-electron chi connectivity index (χ2n) is 5.79. The van der Waals surface area contributed by atoms with E-state index in [9.17, 15) is 4.79 Å². The van der Waals surface area contributed by atoms with Crippen molar-refractivity contribution in [1.29, 1.82) is 0 Å². The molecular weight excluding hydrogens is 242 g/mol. The molecule has 2 amide bonds. The van der Waals surface area contributed by atoms with Gasteiger partial charge in [-0.25, -0.2) is 4.79 Å². The molecule has 0 bridgehead atoms. The highest BCUT2D eigenvalue weighted by molar-refractivity contribution is 5.74. The molecule has 0 spiro atoms. The molecule has 1 unspecified atom stereocenters. The largest absolute Gasteiger partial charge is 0.396 e. The Balaban J connectivity index is 1.63. The smallest absolute Gasteiger partial charge is 0.315 e. The van der Waals surface area contributed by atoms with Gasteiger partial charge in [0.1, 0.15) is 0 Å². The topological polar surface area (TPSA) is 64.6 Å². The van der Waals surface area contributed by atoms with Crippen LogP contribution in [0, 0.1) is 11.8 Å². The molecule has 0 aromatic heterocycles. The lowest BCUT2D eigenvalue weighted by atomic mass is 9.99. The third kappa shape index (κ3) is 4.51. The van der Waals surface area contributed by atoms with E-state index >= 15 is 0 Å². The quantitative estimate of drug-likeness (QED) is 0.652. The SMILES string of the molecule is CN1CCCC(CNC(=O)N[C@@H]2C=C[C@H](CO)C2)C1. The second-order valence-corrected chi connectivity index (χ2v) is 5.79. The second kappa shape index (κ2) is 6.91. The molecule has 5 heteroatoms. The van der Waals surface area contributed by atoms with Gasteiger partial charge in [0.05, 0.1) is 0 Å². The lowest BCUT2D eigenvalue weighted by Crippen LogP contribution is -2.45. The van der Waals surface area contributed by atoms with Crippen LogP contribution in [0.15, 0.2) is 12.2 Å². The van der Waals surface area contributed by atoms with Crippen molar-refractivity contribution in [3.63, 3.8) is 0 Å². The normalized spacial score (nSPS) is 31.4. The summed E-state index contributed by atoms with van der Waals surface area (Å²) in [6, 6.07) is -0.0346. The molecular formula is C14H25N3O2. The summed E-state index contributed by atoms with van der Waals surface area (Å²) >= 11 is 0. The minimum absolute atomic E-state index is 0.0613. The minimum atomic E-state index is -0.0959. The highest BCUT2D eigenvalue weighted by Crippen LogP contribution is 2.17. The third-order valence-corrected chi connectivity index (χ3v) is 4.00. The molecule has 2 rings (SSSR count). The molecule has 108 valence electrons. The number of carbonyl (C=O) groups is 1. The molecule has 2 aliphatic rings. The predicted octanol–water partition coefficient (Wildman–Crippen LogP) is 0.564. The zero-order chi connectivity index (χ0) is 13.7. The van der Waals surface area contributed by atoms with E-state index in [1.54, 1.807) is 0 Å². The van der Waals surface area contributed by atoms with Gasteiger partial charge in [-0.3, -0.25) is 0 Å². The van der Waals surface area contributed by atoms with Crippen molar-refractivity contribution in [3.05, 3.63) is 12.2 Å². The molecule has 1 saturated heterocycles. The molecule has 1 aliphatic heterocycles. The van der Waals surface area contributed by atoms with E-state index < -0.39 is 0 Å². The van der Waals surface area contributed by atoms with Crippen LogP contribution in [0.1, 0.15) is 19.3 Å². The van der Waals surface area contributed by atoms with E-state index in [4.69, 9.17) is 5.11 Å². The number of nitrogens with zero attached hydrogens (tertiary/aromatic N) is 1. The van der Waals surface area contributed by atoms with Crippen molar-refractivity contribution in [2.75, 3.05) is 33.3 Å². The molecule has 1 aliphatic carbocycles. The lowest BCUT2D eigenvalue weighted by Gasteiger charge is -2.29. The third-order valence-electron chi connectivity index (χ3n) is 4.00. The molecule has 19 heavy (non-hydrogen) atoms. The van der Waals surface area contributed by atoms with Crippen molar-refractivity contribution in [3.8, 4) is 0 Å². The van der Waals surface area contributed by atoms with Gasteiger partial charge in [-0.05, 0) is 38.8 Å². The fourth-order valence-electron chi connectivity index (χ4n) is 2.91. The maximum atomic E-state index is 11.8. The van der Waals surface area contributed by atoms with Gasteiger partial charge in [0, 0.05) is 31.7 Å². The van der Waals surface area contributed by atoms with Gasteiger partial charge >= 0.3 is 6.03 Å². The molecule has 3 atom stereocenters. The molecule has 0 aromatic rings. The van der Waals surface area contributed by atoms with Crippen LogP contribution in [0.25, 0.3) is 0 Å². The molecule has 1 heterocycles. The summed E-state index contributed by atoms with van der Waals surface area (Å²) in [6.07, 6.45) is 7.15. The maximum Gasteiger partial charge on any atom is 0.315 e. The number of rotatable bonds is 4. The van der Waals surface area contributed by atoms with Crippen LogP contribution in [-0.4, -0.2) is 55.4 Å². The van der Waals surface area contributed by atoms with Gasteiger partial charge < -0.3 is 20.6 Å². The zero-order valence-electron chi connectivity index (χ0n) is 11.6. The number of likely N-dealkylation sites (tertiary alicyclic amines) is 1. The highest BCUT2D eigenvalue weighted by Gasteiger charge is 2.21. The Hall–Kier alpha value is -1.07. The number of carbonyl (C=O) groups excluding carboxylic acids is 1. The Labute approximate surface area is 115 Å². The first-order chi connectivity index (χ1) is 9.17. The Morgan fingerprint density at radius 1 is 1.47 bits per heavy atom. The number of nitrogens with one attached hydrogen (secondary N) is 2. The van der Waals surface area contributed by atoms with Crippen LogP contribution in [0.5, 0.6) is 0 Å². The Morgan fingerprint density at radius 2 is 2.32 bits per heavy atom. The summed E-state index contributed by atoms with van der Waals surface area (Å²) in [5, 5.41) is 14.9. The summed E-state index contributed by atoms with van der Waals surface area (Å²) in [6.45, 7) is 3.13. The molecule has 0 aromatic carbocycles. The average Bonchev–Trinajstić information content (AvgIpc) is 2.84. The maximum absolute atomic E-state index is 11.8. The average molecular weight is 267 g/mol. The Kier molecular flexibility index (Phi) is 5.22. The molecule has 3 N–H and O–H groups in total. The summed E-state index contributed by atoms with van der Waals surface area (Å²) in [5.41, 5.74) is 0. The fourth-order valence-corrected chi connectivity index (χ4v) is 2.91. The summed E-state index contributed by atoms with van der Waals surface area (Å²) in [4.78, 5) is 14.1. The molecule has 0 saturated carbocycles. The minimum Gasteiger partial charge on any atom is -0.396 e. The number of piperidine rings is 1. The van der Waals surface area contributed by atoms with Gasteiger partial charge in [-0.15, -0.1) is 0 Å². The summed E-state index contributed by atoms with van der Waals surface area (Å²) in [7, 11) is 2.13. The van der Waals surface area contributed by atoms with Gasteiger partial charge in [0.2, 0.25) is 0 Å². The van der Waals surface area contributed by atoms with E-state index in [2.05, 4.69) is 22.6 Å². The predicted molar refractivity (Wildman–Crippen MR) is 74.9 cm³/mol. The van der Waals surface area contributed by atoms with E-state index in [-0.39, 0.29) is 24.6 Å². The Morgan fingerprint density at radius 3 is 3.00 bits per heavy atom. The van der Waals surface area contributed by atoms with E-state index in [0.717, 1.165) is 26.1 Å². The standard InChI is InChI=1S/C14H25N3O2/c1-17-6-2-3-12(9-17)8-15-14(19)16-13-5-4-11(7-13)10-18/h4-5,11-13,18H,2-3,6-10H2,1H3,(H2,15,16,19)/t11-,12?,13+/m0/s1. The first-order valence-electron chi connectivity index (χ1n) is 7.19.